The van der Waals surface area contributed by atoms with Gasteiger partial charge < -0.3 is 4.90 Å². The zero-order valence-electron chi connectivity index (χ0n) is 11.5. The van der Waals surface area contributed by atoms with Crippen LogP contribution in [0, 0.1) is 10.8 Å². The molecule has 2 nitrogen and oxygen atoms in total. The third kappa shape index (κ3) is 2.62. The summed E-state index contributed by atoms with van der Waals surface area (Å²) in [5.41, 5.74) is 0.963. The Kier molecular flexibility index (Phi) is 3.49. The van der Waals surface area contributed by atoms with Gasteiger partial charge in [-0.25, -0.2) is 0 Å². The maximum absolute atomic E-state index is 12.3. The van der Waals surface area contributed by atoms with Crippen molar-refractivity contribution in [2.45, 2.75) is 41.5 Å². The molecule has 0 saturated heterocycles. The number of carbonyl (C=O) groups is 1. The topological polar surface area (TPSA) is 20.3 Å². The maximum Gasteiger partial charge on any atom is 0.251 e. The molecule has 0 saturated carbocycles. The molecule has 92 valence electrons. The van der Waals surface area contributed by atoms with E-state index in [1.54, 1.807) is 16.7 Å². The number of rotatable bonds is 0. The average molecular weight is 241 g/mol. The summed E-state index contributed by atoms with van der Waals surface area (Å²) in [6, 6.07) is 0. The minimum Gasteiger partial charge on any atom is -0.332 e. The van der Waals surface area contributed by atoms with Crippen molar-refractivity contribution in [3.8, 4) is 0 Å². The zero-order chi connectivity index (χ0) is 12.7. The van der Waals surface area contributed by atoms with Gasteiger partial charge in [0.05, 0.1) is 5.88 Å². The molecule has 0 aliphatic carbocycles. The molecule has 0 aromatic carbocycles. The van der Waals surface area contributed by atoms with E-state index in [4.69, 9.17) is 0 Å². The summed E-state index contributed by atoms with van der Waals surface area (Å²) in [7, 11) is 1.88. The van der Waals surface area contributed by atoms with Crippen molar-refractivity contribution in [1.82, 2.24) is 4.90 Å². The Morgan fingerprint density at radius 3 is 1.94 bits per heavy atom. The highest BCUT2D eigenvalue weighted by atomic mass is 32.2. The zero-order valence-corrected chi connectivity index (χ0v) is 12.3. The fraction of sp³-hybridized carbons (Fsp3) is 0.769. The van der Waals surface area contributed by atoms with Gasteiger partial charge in [-0.2, -0.15) is 0 Å². The molecule has 0 aromatic rings. The van der Waals surface area contributed by atoms with E-state index < -0.39 is 0 Å². The molecule has 0 atom stereocenters. The van der Waals surface area contributed by atoms with Crippen molar-refractivity contribution >= 4 is 17.7 Å². The molecule has 0 radical (unpaired) electrons. The largest absolute Gasteiger partial charge is 0.332 e. The minimum atomic E-state index is -0.0820. The lowest BCUT2D eigenvalue weighted by Gasteiger charge is -2.38. The number of carbonyl (C=O) groups excluding carboxylic acids is 1. The monoisotopic (exact) mass is 241 g/mol. The molecule has 1 aliphatic rings. The van der Waals surface area contributed by atoms with Gasteiger partial charge in [0.1, 0.15) is 0 Å². The van der Waals surface area contributed by atoms with E-state index in [0.717, 1.165) is 11.4 Å². The average Bonchev–Trinajstić information content (AvgIpc) is 2.05. The van der Waals surface area contributed by atoms with E-state index in [1.165, 1.54) is 4.91 Å². The van der Waals surface area contributed by atoms with Crippen LogP contribution in [0.5, 0.6) is 0 Å². The third-order valence-corrected chi connectivity index (χ3v) is 4.24. The van der Waals surface area contributed by atoms with Crippen LogP contribution in [0.1, 0.15) is 41.5 Å². The lowest BCUT2D eigenvalue weighted by Crippen LogP contribution is -2.38. The van der Waals surface area contributed by atoms with Crippen molar-refractivity contribution in [2.75, 3.05) is 12.9 Å². The SMILES string of the molecule is CN1CSC(C(C)(C)C)=C(C(C)(C)C)C1=O. The highest BCUT2D eigenvalue weighted by Crippen LogP contribution is 2.45. The smallest absolute Gasteiger partial charge is 0.251 e. The summed E-state index contributed by atoms with van der Waals surface area (Å²) in [6.07, 6.45) is 0. The van der Waals surface area contributed by atoms with Crippen LogP contribution >= 0.6 is 11.8 Å². The minimum absolute atomic E-state index is 0.0597. The number of nitrogens with zero attached hydrogens (tertiary/aromatic N) is 1. The number of amides is 1. The molecular weight excluding hydrogens is 218 g/mol. The van der Waals surface area contributed by atoms with Gasteiger partial charge in [-0.15, -0.1) is 11.8 Å². The van der Waals surface area contributed by atoms with Crippen LogP contribution in [0.3, 0.4) is 0 Å². The van der Waals surface area contributed by atoms with Gasteiger partial charge in [0.2, 0.25) is 0 Å². The van der Waals surface area contributed by atoms with Crippen LogP contribution in [0.25, 0.3) is 0 Å². The third-order valence-electron chi connectivity index (χ3n) is 2.62. The first kappa shape index (κ1) is 13.6. The molecule has 0 bridgehead atoms. The Morgan fingerprint density at radius 2 is 1.56 bits per heavy atom. The summed E-state index contributed by atoms with van der Waals surface area (Å²) in [4.78, 5) is 15.3. The second-order valence-corrected chi connectivity index (χ2v) is 7.44. The standard InChI is InChI=1S/C13H23NOS/c1-12(2,3)9-10(13(4,5)6)16-8-14(7)11(9)15/h8H2,1-7H3. The lowest BCUT2D eigenvalue weighted by atomic mass is 9.80. The Bertz CT molecular complexity index is 331. The molecule has 3 heteroatoms. The molecule has 1 heterocycles. The molecular formula is C13H23NOS. The maximum atomic E-state index is 12.3. The molecule has 16 heavy (non-hydrogen) atoms. The van der Waals surface area contributed by atoms with E-state index in [9.17, 15) is 4.79 Å². The fourth-order valence-electron chi connectivity index (χ4n) is 1.83. The molecule has 0 unspecified atom stereocenters. The quantitative estimate of drug-likeness (QED) is 0.647. The van der Waals surface area contributed by atoms with E-state index in [1.807, 2.05) is 7.05 Å². The first-order valence-corrected chi connectivity index (χ1v) is 6.67. The Hall–Kier alpha value is -0.440. The van der Waals surface area contributed by atoms with E-state index >= 15 is 0 Å². The van der Waals surface area contributed by atoms with E-state index in [0.29, 0.717) is 0 Å². The molecule has 0 N–H and O–H groups in total. The number of hydrogen-bond acceptors (Lipinski definition) is 2. The van der Waals surface area contributed by atoms with Crippen molar-refractivity contribution in [3.05, 3.63) is 10.5 Å². The highest BCUT2D eigenvalue weighted by Gasteiger charge is 2.37. The second kappa shape index (κ2) is 4.10. The van der Waals surface area contributed by atoms with Crippen LogP contribution in [0.15, 0.2) is 10.5 Å². The van der Waals surface area contributed by atoms with Crippen LogP contribution in [0.2, 0.25) is 0 Å². The van der Waals surface area contributed by atoms with Crippen molar-refractivity contribution in [3.63, 3.8) is 0 Å². The summed E-state index contributed by atoms with van der Waals surface area (Å²) in [6.45, 7) is 12.9. The van der Waals surface area contributed by atoms with Crippen LogP contribution in [0.4, 0.5) is 0 Å². The number of hydrogen-bond donors (Lipinski definition) is 0. The van der Waals surface area contributed by atoms with E-state index in [-0.39, 0.29) is 16.7 Å². The van der Waals surface area contributed by atoms with Crippen LogP contribution < -0.4 is 0 Å². The normalized spacial score (nSPS) is 19.4. The molecule has 1 amide bonds. The number of likely N-dealkylation sites (N-methyl/N-ethyl adjacent to an activating group) is 1. The van der Waals surface area contributed by atoms with Gasteiger partial charge >= 0.3 is 0 Å². The molecule has 1 rings (SSSR count). The van der Waals surface area contributed by atoms with Gasteiger partial charge in [0.15, 0.2) is 0 Å². The summed E-state index contributed by atoms with van der Waals surface area (Å²) in [5.74, 6) is 0.960. The summed E-state index contributed by atoms with van der Waals surface area (Å²) in [5, 5.41) is 0. The predicted octanol–water partition coefficient (Wildman–Crippen LogP) is 3.50. The Balaban J connectivity index is 3.35. The van der Waals surface area contributed by atoms with Crippen LogP contribution in [-0.2, 0) is 4.79 Å². The summed E-state index contributed by atoms with van der Waals surface area (Å²) < 4.78 is 0. The number of allylic oxidation sites excluding steroid dienone is 1. The van der Waals surface area contributed by atoms with Gasteiger partial charge in [-0.1, -0.05) is 41.5 Å². The predicted molar refractivity (Wildman–Crippen MR) is 71.2 cm³/mol. The van der Waals surface area contributed by atoms with Crippen molar-refractivity contribution in [1.29, 1.82) is 0 Å². The number of thioether (sulfide) groups is 1. The first-order chi connectivity index (χ1) is 7.05. The van der Waals surface area contributed by atoms with Gasteiger partial charge in [0, 0.05) is 17.5 Å². The highest BCUT2D eigenvalue weighted by molar-refractivity contribution is 8.03. The van der Waals surface area contributed by atoms with Crippen LogP contribution in [-0.4, -0.2) is 23.7 Å². The van der Waals surface area contributed by atoms with E-state index in [2.05, 4.69) is 41.5 Å². The molecule has 0 spiro atoms. The lowest BCUT2D eigenvalue weighted by molar-refractivity contribution is -0.126. The Labute approximate surface area is 103 Å². The van der Waals surface area contributed by atoms with Gasteiger partial charge in [-0.05, 0) is 10.8 Å². The first-order valence-electron chi connectivity index (χ1n) is 5.68. The van der Waals surface area contributed by atoms with Gasteiger partial charge in [0.25, 0.3) is 5.91 Å². The van der Waals surface area contributed by atoms with Crippen molar-refractivity contribution < 1.29 is 4.79 Å². The summed E-state index contributed by atoms with van der Waals surface area (Å²) >= 11 is 1.80. The van der Waals surface area contributed by atoms with Crippen molar-refractivity contribution in [2.24, 2.45) is 10.8 Å². The fourth-order valence-corrected chi connectivity index (χ4v) is 3.24. The van der Waals surface area contributed by atoms with Gasteiger partial charge in [-0.3, -0.25) is 4.79 Å². The molecule has 0 aromatic heterocycles. The second-order valence-electron chi connectivity index (χ2n) is 6.48. The molecule has 1 aliphatic heterocycles. The Morgan fingerprint density at radius 1 is 1.06 bits per heavy atom. The molecule has 0 fully saturated rings.